The lowest BCUT2D eigenvalue weighted by Crippen LogP contribution is -2.46. The Hall–Kier alpha value is -2.09. The minimum absolute atomic E-state index is 0.0965. The first kappa shape index (κ1) is 15.8. The van der Waals surface area contributed by atoms with Crippen LogP contribution in [0, 0.1) is 0 Å². The Kier molecular flexibility index (Phi) is 4.01. The highest BCUT2D eigenvalue weighted by Gasteiger charge is 2.34. The highest BCUT2D eigenvalue weighted by Crippen LogP contribution is 2.24. The van der Waals surface area contributed by atoms with Crippen molar-refractivity contribution in [1.29, 1.82) is 0 Å². The van der Waals surface area contributed by atoms with E-state index >= 15 is 0 Å². The molecule has 0 bridgehead atoms. The molecule has 1 unspecified atom stereocenters. The number of nitrogens with zero attached hydrogens (tertiary/aromatic N) is 3. The second-order valence-electron chi connectivity index (χ2n) is 5.77. The number of piperidine rings is 1. The van der Waals surface area contributed by atoms with Gasteiger partial charge in [0.2, 0.25) is 0 Å². The Bertz CT molecular complexity index is 765. The lowest BCUT2D eigenvalue weighted by molar-refractivity contribution is -0.131. The summed E-state index contributed by atoms with van der Waals surface area (Å²) in [5, 5.41) is 0. The standard InChI is InChI=1S/C15H19N3O4S/c1-11-6-3-4-8-18(11)15(19)13-10-12(14-7-5-9-22-14)16-23(20,21)17(13)2/h5,7,9-11H,3-4,6,8H2,1-2H3. The maximum absolute atomic E-state index is 12.8. The number of likely N-dealkylation sites (tertiary alicyclic amines) is 1. The number of carbonyl (C=O) groups is 1. The van der Waals surface area contributed by atoms with E-state index in [-0.39, 0.29) is 23.4 Å². The van der Waals surface area contributed by atoms with Gasteiger partial charge in [0.05, 0.1) is 6.26 Å². The van der Waals surface area contributed by atoms with Gasteiger partial charge in [0.1, 0.15) is 11.4 Å². The van der Waals surface area contributed by atoms with Crippen molar-refractivity contribution in [3.8, 4) is 0 Å². The van der Waals surface area contributed by atoms with Gasteiger partial charge in [-0.05, 0) is 44.4 Å². The van der Waals surface area contributed by atoms with Crippen molar-refractivity contribution in [3.05, 3.63) is 35.9 Å². The van der Waals surface area contributed by atoms with Gasteiger partial charge in [-0.1, -0.05) is 0 Å². The molecule has 0 radical (unpaired) electrons. The number of rotatable bonds is 2. The largest absolute Gasteiger partial charge is 0.463 e. The average Bonchev–Trinajstić information content (AvgIpc) is 3.04. The van der Waals surface area contributed by atoms with E-state index in [9.17, 15) is 13.2 Å². The molecular formula is C15H19N3O4S. The van der Waals surface area contributed by atoms with E-state index in [1.165, 1.54) is 19.4 Å². The highest BCUT2D eigenvalue weighted by atomic mass is 32.2. The van der Waals surface area contributed by atoms with Crippen LogP contribution in [0.1, 0.15) is 31.9 Å². The number of hydrogen-bond acceptors (Lipinski definition) is 4. The predicted octanol–water partition coefficient (Wildman–Crippen LogP) is 1.54. The Morgan fingerprint density at radius 1 is 1.39 bits per heavy atom. The SMILES string of the molecule is CC1CCCCN1C(=O)C1=CC(c2ccco2)=NS(=O)(=O)N1C. The van der Waals surface area contributed by atoms with Gasteiger partial charge in [0.15, 0.2) is 5.76 Å². The zero-order valence-electron chi connectivity index (χ0n) is 13.1. The molecule has 7 nitrogen and oxygen atoms in total. The summed E-state index contributed by atoms with van der Waals surface area (Å²) >= 11 is 0. The summed E-state index contributed by atoms with van der Waals surface area (Å²) in [6.45, 7) is 2.62. The second-order valence-corrected chi connectivity index (χ2v) is 7.40. The number of furan rings is 1. The van der Waals surface area contributed by atoms with Gasteiger partial charge in [0, 0.05) is 19.6 Å². The molecule has 0 aliphatic carbocycles. The molecule has 2 aliphatic rings. The minimum atomic E-state index is -3.94. The van der Waals surface area contributed by atoms with Crippen LogP contribution in [-0.4, -0.2) is 48.9 Å². The normalized spacial score (nSPS) is 24.2. The van der Waals surface area contributed by atoms with Crippen LogP contribution in [0.2, 0.25) is 0 Å². The lowest BCUT2D eigenvalue weighted by Gasteiger charge is -2.35. The van der Waals surface area contributed by atoms with Gasteiger partial charge in [-0.3, -0.25) is 4.79 Å². The molecule has 0 saturated carbocycles. The van der Waals surface area contributed by atoms with Crippen LogP contribution >= 0.6 is 0 Å². The summed E-state index contributed by atoms with van der Waals surface area (Å²) in [5.41, 5.74) is 0.237. The second kappa shape index (κ2) is 5.84. The zero-order valence-corrected chi connectivity index (χ0v) is 13.9. The molecule has 0 N–H and O–H groups in total. The summed E-state index contributed by atoms with van der Waals surface area (Å²) in [5.74, 6) is 0.0286. The highest BCUT2D eigenvalue weighted by molar-refractivity contribution is 7.88. The topological polar surface area (TPSA) is 83.2 Å². The maximum atomic E-state index is 12.8. The molecule has 8 heteroatoms. The van der Waals surface area contributed by atoms with Crippen molar-refractivity contribution < 1.29 is 17.6 Å². The van der Waals surface area contributed by atoms with Crippen LogP contribution < -0.4 is 0 Å². The first-order chi connectivity index (χ1) is 10.9. The zero-order chi connectivity index (χ0) is 16.6. The van der Waals surface area contributed by atoms with E-state index in [1.54, 1.807) is 17.0 Å². The molecule has 1 fully saturated rings. The van der Waals surface area contributed by atoms with Gasteiger partial charge in [0.25, 0.3) is 5.91 Å². The fourth-order valence-corrected chi connectivity index (χ4v) is 3.73. The molecule has 1 aromatic rings. The van der Waals surface area contributed by atoms with Crippen LogP contribution in [0.4, 0.5) is 0 Å². The minimum Gasteiger partial charge on any atom is -0.463 e. The molecule has 3 heterocycles. The number of carbonyl (C=O) groups excluding carboxylic acids is 1. The Morgan fingerprint density at radius 3 is 2.83 bits per heavy atom. The Labute approximate surface area is 135 Å². The molecule has 23 heavy (non-hydrogen) atoms. The Balaban J connectivity index is 1.99. The van der Waals surface area contributed by atoms with Crippen molar-refractivity contribution in [1.82, 2.24) is 9.21 Å². The number of hydrogen-bond donors (Lipinski definition) is 0. The smallest absolute Gasteiger partial charge is 0.345 e. The summed E-state index contributed by atoms with van der Waals surface area (Å²) in [6.07, 6.45) is 5.85. The van der Waals surface area contributed by atoms with Crippen LogP contribution in [0.25, 0.3) is 0 Å². The van der Waals surface area contributed by atoms with E-state index in [2.05, 4.69) is 4.40 Å². The number of likely N-dealkylation sites (N-methyl/N-ethyl adjacent to an activating group) is 1. The van der Waals surface area contributed by atoms with Crippen LogP contribution in [0.3, 0.4) is 0 Å². The molecule has 0 aromatic carbocycles. The molecule has 1 amide bonds. The first-order valence-electron chi connectivity index (χ1n) is 7.55. The summed E-state index contributed by atoms with van der Waals surface area (Å²) < 4.78 is 34.4. The summed E-state index contributed by atoms with van der Waals surface area (Å²) in [4.78, 5) is 14.6. The Morgan fingerprint density at radius 2 is 2.17 bits per heavy atom. The lowest BCUT2D eigenvalue weighted by atomic mass is 10.0. The van der Waals surface area contributed by atoms with Crippen molar-refractivity contribution >= 4 is 21.8 Å². The van der Waals surface area contributed by atoms with Crippen molar-refractivity contribution in [2.45, 2.75) is 32.2 Å². The third kappa shape index (κ3) is 2.90. The molecular weight excluding hydrogens is 318 g/mol. The molecule has 1 aromatic heterocycles. The molecule has 2 aliphatic heterocycles. The van der Waals surface area contributed by atoms with Gasteiger partial charge < -0.3 is 9.32 Å². The fraction of sp³-hybridized carbons (Fsp3) is 0.467. The van der Waals surface area contributed by atoms with Gasteiger partial charge in [-0.2, -0.15) is 8.42 Å². The van der Waals surface area contributed by atoms with Crippen LogP contribution in [-0.2, 0) is 15.0 Å². The third-order valence-corrected chi connectivity index (χ3v) is 5.55. The molecule has 3 rings (SSSR count). The molecule has 1 saturated heterocycles. The number of amides is 1. The van der Waals surface area contributed by atoms with Crippen molar-refractivity contribution in [2.24, 2.45) is 4.40 Å². The fourth-order valence-electron chi connectivity index (χ4n) is 2.84. The molecule has 0 spiro atoms. The molecule has 1 atom stereocenters. The monoisotopic (exact) mass is 337 g/mol. The quantitative estimate of drug-likeness (QED) is 0.819. The first-order valence-corrected chi connectivity index (χ1v) is 8.95. The van der Waals surface area contributed by atoms with E-state index in [1.807, 2.05) is 6.92 Å². The summed E-state index contributed by atoms with van der Waals surface area (Å²) in [7, 11) is -2.60. The summed E-state index contributed by atoms with van der Waals surface area (Å²) in [6, 6.07) is 3.35. The third-order valence-electron chi connectivity index (χ3n) is 4.23. The van der Waals surface area contributed by atoms with Gasteiger partial charge in [-0.25, -0.2) is 4.31 Å². The van der Waals surface area contributed by atoms with E-state index < -0.39 is 10.2 Å². The van der Waals surface area contributed by atoms with E-state index in [0.717, 1.165) is 23.6 Å². The predicted molar refractivity (Wildman–Crippen MR) is 85.0 cm³/mol. The van der Waals surface area contributed by atoms with Gasteiger partial charge >= 0.3 is 10.2 Å². The maximum Gasteiger partial charge on any atom is 0.345 e. The molecule has 124 valence electrons. The van der Waals surface area contributed by atoms with Crippen molar-refractivity contribution in [2.75, 3.05) is 13.6 Å². The number of allylic oxidation sites excluding steroid dienone is 1. The van der Waals surface area contributed by atoms with E-state index in [0.29, 0.717) is 12.3 Å². The van der Waals surface area contributed by atoms with Crippen LogP contribution in [0.5, 0.6) is 0 Å². The van der Waals surface area contributed by atoms with Crippen LogP contribution in [0.15, 0.2) is 39.0 Å². The van der Waals surface area contributed by atoms with Gasteiger partial charge in [-0.15, -0.1) is 4.40 Å². The van der Waals surface area contributed by atoms with E-state index in [4.69, 9.17) is 4.42 Å². The average molecular weight is 337 g/mol. The van der Waals surface area contributed by atoms with Crippen molar-refractivity contribution in [3.63, 3.8) is 0 Å².